The maximum absolute atomic E-state index is 12.3. The molecule has 0 saturated carbocycles. The monoisotopic (exact) mass is 418 g/mol. The van der Waals surface area contributed by atoms with Crippen LogP contribution in [0.3, 0.4) is 0 Å². The van der Waals surface area contributed by atoms with Gasteiger partial charge >= 0.3 is 0 Å². The van der Waals surface area contributed by atoms with Crippen LogP contribution in [0.1, 0.15) is 24.5 Å². The minimum atomic E-state index is -0.332. The molecule has 0 aliphatic carbocycles. The number of benzene rings is 2. The zero-order valence-corrected chi connectivity index (χ0v) is 17.0. The molecule has 0 unspecified atom stereocenters. The Morgan fingerprint density at radius 3 is 2.25 bits per heavy atom. The standard InChI is InChI=1S/C20H20Cl2N4O2/c1-12(27)25-20-15(21)8-13(9-16(20)22)10-18(23)26-19(28)11-17(24-2)14-6-4-3-5-7-14/h3-9H,10-11H2,1-2H3,(H,25,27)(H2,23,26,28). The van der Waals surface area contributed by atoms with Gasteiger partial charge in [-0.1, -0.05) is 53.5 Å². The molecule has 0 aliphatic rings. The Bertz CT molecular complexity index is 904. The van der Waals surface area contributed by atoms with Gasteiger partial charge in [0.15, 0.2) is 0 Å². The first-order valence-electron chi connectivity index (χ1n) is 8.44. The van der Waals surface area contributed by atoms with Crippen LogP contribution in [-0.2, 0) is 16.0 Å². The SMILES string of the molecule is CN=C(CC(=O)NC(=N)Cc1cc(Cl)c(NC(C)=O)c(Cl)c1)c1ccccc1. The number of aliphatic imine (C=N–C) groups is 1. The molecule has 2 rings (SSSR count). The van der Waals surface area contributed by atoms with Crippen molar-refractivity contribution in [2.45, 2.75) is 19.8 Å². The smallest absolute Gasteiger partial charge is 0.231 e. The summed E-state index contributed by atoms with van der Waals surface area (Å²) in [6.07, 6.45) is 0.196. The van der Waals surface area contributed by atoms with E-state index in [1.54, 1.807) is 19.2 Å². The molecule has 0 bridgehead atoms. The number of anilines is 1. The van der Waals surface area contributed by atoms with Crippen LogP contribution in [0.2, 0.25) is 10.0 Å². The molecule has 0 spiro atoms. The summed E-state index contributed by atoms with van der Waals surface area (Å²) < 4.78 is 0. The van der Waals surface area contributed by atoms with E-state index in [0.29, 0.717) is 17.0 Å². The number of hydrogen-bond acceptors (Lipinski definition) is 4. The maximum Gasteiger partial charge on any atom is 0.231 e. The summed E-state index contributed by atoms with van der Waals surface area (Å²) >= 11 is 12.3. The number of amidine groups is 1. The minimum Gasteiger partial charge on any atom is -0.324 e. The summed E-state index contributed by atoms with van der Waals surface area (Å²) in [5.74, 6) is -0.613. The van der Waals surface area contributed by atoms with Gasteiger partial charge in [0.05, 0.1) is 27.9 Å². The molecule has 146 valence electrons. The van der Waals surface area contributed by atoms with E-state index in [2.05, 4.69) is 15.6 Å². The average molecular weight is 419 g/mol. The maximum atomic E-state index is 12.3. The second kappa shape index (κ2) is 10.0. The molecule has 0 aliphatic heterocycles. The molecule has 28 heavy (non-hydrogen) atoms. The van der Waals surface area contributed by atoms with Crippen LogP contribution in [0, 0.1) is 5.41 Å². The minimum absolute atomic E-state index is 0.00734. The molecule has 0 saturated heterocycles. The quantitative estimate of drug-likeness (QED) is 0.486. The number of carbonyl (C=O) groups is 2. The third-order valence-corrected chi connectivity index (χ3v) is 4.38. The first-order valence-corrected chi connectivity index (χ1v) is 9.19. The van der Waals surface area contributed by atoms with Gasteiger partial charge in [-0.3, -0.25) is 20.0 Å². The summed E-state index contributed by atoms with van der Waals surface area (Å²) in [5, 5.41) is 13.7. The Labute approximate surface area is 173 Å². The highest BCUT2D eigenvalue weighted by atomic mass is 35.5. The van der Waals surface area contributed by atoms with E-state index in [1.807, 2.05) is 30.3 Å². The number of rotatable bonds is 6. The third kappa shape index (κ3) is 6.18. The lowest BCUT2D eigenvalue weighted by Gasteiger charge is -2.12. The number of hydrogen-bond donors (Lipinski definition) is 3. The normalized spacial score (nSPS) is 11.1. The topological polar surface area (TPSA) is 94.4 Å². The van der Waals surface area contributed by atoms with Gasteiger partial charge in [-0.05, 0) is 23.3 Å². The predicted molar refractivity (Wildman–Crippen MR) is 114 cm³/mol. The summed E-state index contributed by atoms with van der Waals surface area (Å²) in [6.45, 7) is 1.36. The number of nitrogens with one attached hydrogen (secondary N) is 3. The van der Waals surface area contributed by atoms with Crippen LogP contribution in [0.25, 0.3) is 0 Å². The van der Waals surface area contributed by atoms with Crippen LogP contribution >= 0.6 is 23.2 Å². The van der Waals surface area contributed by atoms with Gasteiger partial charge < -0.3 is 10.6 Å². The van der Waals surface area contributed by atoms with Gasteiger partial charge in [-0.2, -0.15) is 0 Å². The van der Waals surface area contributed by atoms with E-state index in [0.717, 1.165) is 5.56 Å². The van der Waals surface area contributed by atoms with Crippen molar-refractivity contribution in [1.29, 1.82) is 5.41 Å². The first kappa shape index (κ1) is 21.6. The Balaban J connectivity index is 2.00. The summed E-state index contributed by atoms with van der Waals surface area (Å²) in [5.41, 5.74) is 2.46. The zero-order chi connectivity index (χ0) is 20.7. The van der Waals surface area contributed by atoms with Gasteiger partial charge in [0.2, 0.25) is 11.8 Å². The second-order valence-electron chi connectivity index (χ2n) is 6.03. The molecule has 2 aromatic rings. The van der Waals surface area contributed by atoms with E-state index in [4.69, 9.17) is 28.6 Å². The molecule has 0 fully saturated rings. The molecule has 0 atom stereocenters. The van der Waals surface area contributed by atoms with Crippen molar-refractivity contribution >= 4 is 52.3 Å². The molecule has 0 heterocycles. The number of nitrogens with zero attached hydrogens (tertiary/aromatic N) is 1. The number of halogens is 2. The van der Waals surface area contributed by atoms with Gasteiger partial charge in [-0.25, -0.2) is 0 Å². The second-order valence-corrected chi connectivity index (χ2v) is 6.85. The van der Waals surface area contributed by atoms with Gasteiger partial charge in [0, 0.05) is 20.4 Å². The highest BCUT2D eigenvalue weighted by Crippen LogP contribution is 2.32. The molecular weight excluding hydrogens is 399 g/mol. The average Bonchev–Trinajstić information content (AvgIpc) is 2.63. The number of carbonyl (C=O) groups excluding carboxylic acids is 2. The van der Waals surface area contributed by atoms with E-state index in [-0.39, 0.29) is 40.5 Å². The molecule has 0 radical (unpaired) electrons. The van der Waals surface area contributed by atoms with E-state index in [1.165, 1.54) is 6.92 Å². The van der Waals surface area contributed by atoms with Crippen molar-refractivity contribution in [3.63, 3.8) is 0 Å². The largest absolute Gasteiger partial charge is 0.324 e. The Kier molecular flexibility index (Phi) is 7.72. The van der Waals surface area contributed by atoms with Crippen molar-refractivity contribution < 1.29 is 9.59 Å². The summed E-state index contributed by atoms with van der Waals surface area (Å²) in [7, 11) is 1.63. The van der Waals surface area contributed by atoms with Crippen molar-refractivity contribution in [2.24, 2.45) is 4.99 Å². The molecule has 2 aromatic carbocycles. The lowest BCUT2D eigenvalue weighted by Crippen LogP contribution is -2.32. The van der Waals surface area contributed by atoms with Crippen molar-refractivity contribution in [1.82, 2.24) is 5.32 Å². The van der Waals surface area contributed by atoms with Crippen LogP contribution in [-0.4, -0.2) is 30.4 Å². The number of amides is 2. The zero-order valence-electron chi connectivity index (χ0n) is 15.5. The fraction of sp³-hybridized carbons (Fsp3) is 0.200. The Morgan fingerprint density at radius 1 is 1.11 bits per heavy atom. The van der Waals surface area contributed by atoms with Gasteiger partial charge in [0.1, 0.15) is 5.84 Å². The Hall–Kier alpha value is -2.70. The van der Waals surface area contributed by atoms with E-state index >= 15 is 0 Å². The van der Waals surface area contributed by atoms with Crippen molar-refractivity contribution in [3.8, 4) is 0 Å². The molecule has 2 amide bonds. The molecule has 8 heteroatoms. The Morgan fingerprint density at radius 2 is 1.71 bits per heavy atom. The fourth-order valence-electron chi connectivity index (χ4n) is 2.58. The highest BCUT2D eigenvalue weighted by Gasteiger charge is 2.14. The summed E-state index contributed by atoms with van der Waals surface area (Å²) in [6, 6.07) is 12.6. The van der Waals surface area contributed by atoms with Crippen LogP contribution in [0.15, 0.2) is 47.5 Å². The predicted octanol–water partition coefficient (Wildman–Crippen LogP) is 4.10. The van der Waals surface area contributed by atoms with Crippen LogP contribution in [0.4, 0.5) is 5.69 Å². The van der Waals surface area contributed by atoms with Gasteiger partial charge in [-0.15, -0.1) is 0 Å². The van der Waals surface area contributed by atoms with Crippen LogP contribution < -0.4 is 10.6 Å². The van der Waals surface area contributed by atoms with Crippen molar-refractivity contribution in [3.05, 3.63) is 63.6 Å². The molecule has 6 nitrogen and oxygen atoms in total. The lowest BCUT2D eigenvalue weighted by atomic mass is 10.1. The first-order chi connectivity index (χ1) is 13.3. The molecule has 3 N–H and O–H groups in total. The molecular formula is C20H20Cl2N4O2. The summed E-state index contributed by atoms with van der Waals surface area (Å²) in [4.78, 5) is 27.6. The fourth-order valence-corrected chi connectivity index (χ4v) is 3.20. The third-order valence-electron chi connectivity index (χ3n) is 3.78. The highest BCUT2D eigenvalue weighted by molar-refractivity contribution is 6.39. The van der Waals surface area contributed by atoms with Gasteiger partial charge in [0.25, 0.3) is 0 Å². The van der Waals surface area contributed by atoms with E-state index < -0.39 is 0 Å². The molecule has 0 aromatic heterocycles. The lowest BCUT2D eigenvalue weighted by molar-refractivity contribution is -0.118. The van der Waals surface area contributed by atoms with Crippen molar-refractivity contribution in [2.75, 3.05) is 12.4 Å². The van der Waals surface area contributed by atoms with E-state index in [9.17, 15) is 9.59 Å². The van der Waals surface area contributed by atoms with Crippen LogP contribution in [0.5, 0.6) is 0 Å².